The number of carboxylic acids is 1. The first kappa shape index (κ1) is 13.6. The molecule has 4 heteroatoms. The van der Waals surface area contributed by atoms with Gasteiger partial charge in [0.15, 0.2) is 0 Å². The van der Waals surface area contributed by atoms with Crippen molar-refractivity contribution in [2.45, 2.75) is 51.2 Å². The second kappa shape index (κ2) is 7.97. The van der Waals surface area contributed by atoms with Gasteiger partial charge in [-0.2, -0.15) is 0 Å². The van der Waals surface area contributed by atoms with Crippen LogP contribution < -0.4 is 0 Å². The Balaban J connectivity index is 3.36. The lowest BCUT2D eigenvalue weighted by molar-refractivity contribution is -0.137. The highest BCUT2D eigenvalue weighted by Crippen LogP contribution is 2.06. The van der Waals surface area contributed by atoms with Crippen molar-refractivity contribution in [1.82, 2.24) is 0 Å². The summed E-state index contributed by atoms with van der Waals surface area (Å²) in [5, 5.41) is 8.66. The molecule has 0 spiro atoms. The average molecular weight is 220 g/mol. The van der Waals surface area contributed by atoms with Gasteiger partial charge in [-0.15, -0.1) is 0 Å². The molecule has 0 fully saturated rings. The zero-order valence-electron chi connectivity index (χ0n) is 8.99. The first-order valence-electron chi connectivity index (χ1n) is 5.17. The molecule has 0 heterocycles. The van der Waals surface area contributed by atoms with Crippen LogP contribution in [-0.2, 0) is 15.6 Å². The van der Waals surface area contributed by atoms with Crippen LogP contribution in [0.25, 0.3) is 0 Å². The molecule has 0 radical (unpaired) electrons. The van der Waals surface area contributed by atoms with E-state index in [0.717, 1.165) is 19.3 Å². The predicted octanol–water partition coefficient (Wildman–Crippen LogP) is 2.18. The van der Waals surface area contributed by atoms with Gasteiger partial charge in [-0.05, 0) is 19.3 Å². The van der Waals surface area contributed by atoms with Crippen LogP contribution in [0.1, 0.15) is 46.0 Å². The number of hydrogen-bond donors (Lipinski definition) is 1. The molecule has 0 aromatic heterocycles. The van der Waals surface area contributed by atoms with Gasteiger partial charge in [-0.25, -0.2) is 0 Å². The number of unbranched alkanes of at least 4 members (excludes halogenated alkanes) is 2. The maximum atomic E-state index is 11.5. The van der Waals surface area contributed by atoms with Crippen LogP contribution in [0.5, 0.6) is 0 Å². The SMILES string of the molecule is CCC(C)S(=O)CCCCCC(=O)O. The zero-order valence-corrected chi connectivity index (χ0v) is 9.81. The van der Waals surface area contributed by atoms with Crippen molar-refractivity contribution in [2.75, 3.05) is 5.75 Å². The van der Waals surface area contributed by atoms with Crippen molar-refractivity contribution in [3.63, 3.8) is 0 Å². The fourth-order valence-electron chi connectivity index (χ4n) is 1.08. The summed E-state index contributed by atoms with van der Waals surface area (Å²) in [5.74, 6) is -0.0257. The van der Waals surface area contributed by atoms with Gasteiger partial charge >= 0.3 is 5.97 Å². The van der Waals surface area contributed by atoms with E-state index in [4.69, 9.17) is 5.11 Å². The van der Waals surface area contributed by atoms with Crippen molar-refractivity contribution < 1.29 is 14.1 Å². The molecule has 0 aliphatic carbocycles. The monoisotopic (exact) mass is 220 g/mol. The minimum Gasteiger partial charge on any atom is -0.481 e. The number of carboxylic acid groups (broad SMARTS) is 1. The van der Waals surface area contributed by atoms with E-state index in [9.17, 15) is 9.00 Å². The van der Waals surface area contributed by atoms with Crippen LogP contribution in [0.4, 0.5) is 0 Å². The van der Waals surface area contributed by atoms with Gasteiger partial charge in [0.1, 0.15) is 0 Å². The lowest BCUT2D eigenvalue weighted by Gasteiger charge is -2.07. The maximum absolute atomic E-state index is 11.5. The summed E-state index contributed by atoms with van der Waals surface area (Å²) in [5.41, 5.74) is 0. The van der Waals surface area contributed by atoms with E-state index in [2.05, 4.69) is 0 Å². The summed E-state index contributed by atoms with van der Waals surface area (Å²) in [6.45, 7) is 4.03. The van der Waals surface area contributed by atoms with Gasteiger partial charge in [0, 0.05) is 28.2 Å². The van der Waals surface area contributed by atoms with Crippen LogP contribution in [0.3, 0.4) is 0 Å². The topological polar surface area (TPSA) is 54.4 Å². The normalized spacial score (nSPS) is 15.0. The molecular weight excluding hydrogens is 200 g/mol. The molecule has 3 nitrogen and oxygen atoms in total. The Morgan fingerprint density at radius 3 is 2.50 bits per heavy atom. The molecule has 2 atom stereocenters. The highest BCUT2D eigenvalue weighted by atomic mass is 32.2. The van der Waals surface area contributed by atoms with Crippen LogP contribution in [0, 0.1) is 0 Å². The lowest BCUT2D eigenvalue weighted by atomic mass is 10.2. The Labute approximate surface area is 88.4 Å². The summed E-state index contributed by atoms with van der Waals surface area (Å²) in [7, 11) is -0.726. The van der Waals surface area contributed by atoms with Crippen molar-refractivity contribution in [3.8, 4) is 0 Å². The average Bonchev–Trinajstić information content (AvgIpc) is 2.15. The molecule has 0 amide bonds. The van der Waals surface area contributed by atoms with Crippen molar-refractivity contribution in [1.29, 1.82) is 0 Å². The summed E-state index contributed by atoms with van der Waals surface area (Å²) in [4.78, 5) is 10.2. The molecular formula is C10H20O3S. The van der Waals surface area contributed by atoms with Crippen molar-refractivity contribution in [2.24, 2.45) is 0 Å². The third-order valence-corrected chi connectivity index (χ3v) is 4.18. The predicted molar refractivity (Wildman–Crippen MR) is 58.9 cm³/mol. The standard InChI is InChI=1S/C10H20O3S/c1-3-9(2)14(13)8-6-4-5-7-10(11)12/h9H,3-8H2,1-2H3,(H,11,12). The Morgan fingerprint density at radius 2 is 2.00 bits per heavy atom. The van der Waals surface area contributed by atoms with Gasteiger partial charge in [-0.3, -0.25) is 9.00 Å². The summed E-state index contributed by atoms with van der Waals surface area (Å²) in [6.07, 6.45) is 3.63. The molecule has 14 heavy (non-hydrogen) atoms. The largest absolute Gasteiger partial charge is 0.481 e. The minimum absolute atomic E-state index is 0.232. The number of carbonyl (C=O) groups is 1. The molecule has 2 unspecified atom stereocenters. The van der Waals surface area contributed by atoms with Gasteiger partial charge in [0.2, 0.25) is 0 Å². The van der Waals surface area contributed by atoms with Crippen LogP contribution in [-0.4, -0.2) is 26.3 Å². The summed E-state index contributed by atoms with van der Waals surface area (Å²) < 4.78 is 11.5. The highest BCUT2D eigenvalue weighted by molar-refractivity contribution is 7.85. The van der Waals surface area contributed by atoms with E-state index in [1.54, 1.807) is 0 Å². The van der Waals surface area contributed by atoms with E-state index < -0.39 is 16.8 Å². The van der Waals surface area contributed by atoms with Crippen LogP contribution >= 0.6 is 0 Å². The first-order chi connectivity index (χ1) is 6.57. The fraction of sp³-hybridized carbons (Fsp3) is 0.900. The molecule has 0 aliphatic heterocycles. The summed E-state index contributed by atoms with van der Waals surface area (Å²) >= 11 is 0. The van der Waals surface area contributed by atoms with Gasteiger partial charge in [0.25, 0.3) is 0 Å². The molecule has 0 aromatic carbocycles. The van der Waals surface area contributed by atoms with Crippen molar-refractivity contribution in [3.05, 3.63) is 0 Å². The third kappa shape index (κ3) is 7.06. The zero-order chi connectivity index (χ0) is 11.0. The molecule has 0 aliphatic rings. The van der Waals surface area contributed by atoms with Crippen LogP contribution in [0.15, 0.2) is 0 Å². The second-order valence-electron chi connectivity index (χ2n) is 3.51. The molecule has 0 saturated heterocycles. The fourth-order valence-corrected chi connectivity index (χ4v) is 2.35. The van der Waals surface area contributed by atoms with E-state index in [1.807, 2.05) is 13.8 Å². The maximum Gasteiger partial charge on any atom is 0.303 e. The number of aliphatic carboxylic acids is 1. The quantitative estimate of drug-likeness (QED) is 0.638. The number of hydrogen-bond acceptors (Lipinski definition) is 2. The van der Waals surface area contributed by atoms with E-state index in [-0.39, 0.29) is 11.7 Å². The minimum atomic E-state index is -0.743. The van der Waals surface area contributed by atoms with E-state index in [0.29, 0.717) is 12.2 Å². The van der Waals surface area contributed by atoms with Gasteiger partial charge in [-0.1, -0.05) is 20.3 Å². The molecule has 0 rings (SSSR count). The van der Waals surface area contributed by atoms with E-state index >= 15 is 0 Å². The van der Waals surface area contributed by atoms with E-state index in [1.165, 1.54) is 0 Å². The number of rotatable bonds is 8. The molecule has 0 saturated carbocycles. The first-order valence-corrected chi connectivity index (χ1v) is 6.55. The Morgan fingerprint density at radius 1 is 1.36 bits per heavy atom. The molecule has 0 aromatic rings. The molecule has 0 bridgehead atoms. The Kier molecular flexibility index (Phi) is 7.76. The lowest BCUT2D eigenvalue weighted by Crippen LogP contribution is -2.12. The smallest absolute Gasteiger partial charge is 0.303 e. The Hall–Kier alpha value is -0.380. The van der Waals surface area contributed by atoms with Crippen molar-refractivity contribution >= 4 is 16.8 Å². The molecule has 84 valence electrons. The van der Waals surface area contributed by atoms with Gasteiger partial charge < -0.3 is 5.11 Å². The van der Waals surface area contributed by atoms with Crippen LogP contribution in [0.2, 0.25) is 0 Å². The molecule has 1 N–H and O–H groups in total. The van der Waals surface area contributed by atoms with Gasteiger partial charge in [0.05, 0.1) is 0 Å². The summed E-state index contributed by atoms with van der Waals surface area (Å²) in [6, 6.07) is 0. The Bertz CT molecular complexity index is 192. The second-order valence-corrected chi connectivity index (χ2v) is 5.48. The highest BCUT2D eigenvalue weighted by Gasteiger charge is 2.07. The third-order valence-electron chi connectivity index (χ3n) is 2.26.